The molecular formula is C28H33N4O2+. The van der Waals surface area contributed by atoms with Gasteiger partial charge in [-0.3, -0.25) is 0 Å². The zero-order chi connectivity index (χ0) is 23.4. The zero-order valence-corrected chi connectivity index (χ0v) is 20.2. The van der Waals surface area contributed by atoms with Crippen LogP contribution in [-0.4, -0.2) is 32.7 Å². The second-order valence-electron chi connectivity index (χ2n) is 9.79. The molecule has 6 rings (SSSR count). The molecule has 0 aliphatic carbocycles. The van der Waals surface area contributed by atoms with E-state index in [0.717, 1.165) is 80.2 Å². The Labute approximate surface area is 199 Å². The molecular weight excluding hydrogens is 424 g/mol. The lowest BCUT2D eigenvalue weighted by Crippen LogP contribution is -2.48. The zero-order valence-electron chi connectivity index (χ0n) is 20.2. The fourth-order valence-corrected chi connectivity index (χ4v) is 5.94. The Morgan fingerprint density at radius 3 is 2.50 bits per heavy atom. The third kappa shape index (κ3) is 3.27. The van der Waals surface area contributed by atoms with Crippen LogP contribution in [0.25, 0.3) is 33.2 Å². The molecule has 4 aliphatic rings. The first kappa shape index (κ1) is 21.4. The number of fused-ring (bicyclic) bond motifs is 6. The molecule has 2 N–H and O–H groups in total. The number of hydrogen-bond acceptors (Lipinski definition) is 5. The Hall–Kier alpha value is -3.12. The average Bonchev–Trinajstić information content (AvgIpc) is 2.87. The number of rotatable bonds is 4. The van der Waals surface area contributed by atoms with E-state index in [1.54, 1.807) is 4.57 Å². The monoisotopic (exact) mass is 457 g/mol. The molecule has 176 valence electrons. The lowest BCUT2D eigenvalue weighted by atomic mass is 9.95. The van der Waals surface area contributed by atoms with Gasteiger partial charge in [-0.05, 0) is 74.9 Å². The maximum absolute atomic E-state index is 13.4. The van der Waals surface area contributed by atoms with Gasteiger partial charge in [-0.25, -0.2) is 4.79 Å². The highest BCUT2D eigenvalue weighted by Gasteiger charge is 2.28. The molecule has 0 spiro atoms. The third-order valence-electron chi connectivity index (χ3n) is 7.75. The van der Waals surface area contributed by atoms with Crippen LogP contribution in [-0.2, 0) is 19.9 Å². The van der Waals surface area contributed by atoms with Crippen molar-refractivity contribution in [2.24, 2.45) is 12.8 Å². The van der Waals surface area contributed by atoms with Crippen molar-refractivity contribution in [1.82, 2.24) is 0 Å². The van der Waals surface area contributed by atoms with Crippen molar-refractivity contribution in [3.63, 3.8) is 0 Å². The Bertz CT molecular complexity index is 1440. The molecule has 4 aliphatic heterocycles. The second kappa shape index (κ2) is 8.27. The minimum atomic E-state index is -0.00532. The summed E-state index contributed by atoms with van der Waals surface area (Å²) in [7, 11) is 1.88. The average molecular weight is 458 g/mol. The van der Waals surface area contributed by atoms with E-state index in [9.17, 15) is 4.79 Å². The van der Waals surface area contributed by atoms with Gasteiger partial charge < -0.3 is 20.0 Å². The Balaban J connectivity index is 1.61. The summed E-state index contributed by atoms with van der Waals surface area (Å²) in [5.41, 5.74) is 13.4. The van der Waals surface area contributed by atoms with E-state index in [2.05, 4.69) is 41.0 Å². The first-order valence-corrected chi connectivity index (χ1v) is 12.7. The number of anilines is 2. The molecule has 2 aromatic rings. The van der Waals surface area contributed by atoms with Crippen LogP contribution in [0.3, 0.4) is 0 Å². The van der Waals surface area contributed by atoms with Gasteiger partial charge in [-0.1, -0.05) is 0 Å². The van der Waals surface area contributed by atoms with Crippen LogP contribution in [0, 0.1) is 0 Å². The summed E-state index contributed by atoms with van der Waals surface area (Å²) in [6.45, 7) is 6.95. The molecule has 0 unspecified atom stereocenters. The van der Waals surface area contributed by atoms with E-state index in [0.29, 0.717) is 17.9 Å². The highest BCUT2D eigenvalue weighted by Crippen LogP contribution is 2.38. The predicted octanol–water partition coefficient (Wildman–Crippen LogP) is 3.75. The maximum atomic E-state index is 13.4. The molecule has 6 nitrogen and oxygen atoms in total. The molecule has 2 aromatic carbocycles. The summed E-state index contributed by atoms with van der Waals surface area (Å²) in [6.07, 6.45) is 5.38. The smallest absolute Gasteiger partial charge is 0.423 e. The third-order valence-corrected chi connectivity index (χ3v) is 7.75. The van der Waals surface area contributed by atoms with Crippen LogP contribution in [0.15, 0.2) is 39.5 Å². The molecule has 0 radical (unpaired) electrons. The summed E-state index contributed by atoms with van der Waals surface area (Å²) < 4.78 is 8.37. The second-order valence-corrected chi connectivity index (χ2v) is 9.79. The van der Waals surface area contributed by atoms with Gasteiger partial charge in [0.2, 0.25) is 5.52 Å². The van der Waals surface area contributed by atoms with E-state index in [1.165, 1.54) is 22.5 Å². The number of hydrogen-bond donors (Lipinski definition) is 1. The number of pyridine rings is 1. The van der Waals surface area contributed by atoms with Crippen molar-refractivity contribution in [1.29, 1.82) is 0 Å². The number of benzene rings is 2. The molecule has 0 bridgehead atoms. The minimum Gasteiger partial charge on any atom is -0.455 e. The van der Waals surface area contributed by atoms with Gasteiger partial charge in [-0.2, -0.15) is 4.57 Å². The first-order valence-electron chi connectivity index (χ1n) is 12.7. The van der Waals surface area contributed by atoms with Gasteiger partial charge >= 0.3 is 5.56 Å². The predicted molar refractivity (Wildman–Crippen MR) is 138 cm³/mol. The summed E-state index contributed by atoms with van der Waals surface area (Å²) in [5, 5.41) is 2.02. The standard InChI is InChI=1S/C28H33N4O2/c1-3-31-10-4-8-19-14-21-25(16-23(19)31)30(2)28(33)22-15-20-13-18-7-5-11-32(12-6-9-29)24(18)17-26(20)34-27(21)22/h13-17H,3-12,29H2,1-2H3/q+1. The number of nitrogens with zero attached hydrogens (tertiary/aromatic N) is 3. The molecule has 34 heavy (non-hydrogen) atoms. The summed E-state index contributed by atoms with van der Waals surface area (Å²) in [4.78, 5) is 18.3. The van der Waals surface area contributed by atoms with E-state index in [-0.39, 0.29) is 5.56 Å². The summed E-state index contributed by atoms with van der Waals surface area (Å²) in [6, 6.07) is 10.9. The lowest BCUT2D eigenvalue weighted by molar-refractivity contribution is -0.658. The van der Waals surface area contributed by atoms with Crippen molar-refractivity contribution in [3.05, 3.63) is 51.8 Å². The maximum Gasteiger partial charge on any atom is 0.423 e. The fraction of sp³-hybridized carbons (Fsp3) is 0.429. The molecule has 4 heterocycles. The number of nitrogens with two attached hydrogens (primary N) is 1. The SMILES string of the molecule is CCN1CCCc2cc3c4oc5cc6c(cc5cc-4c(=O)[n+](C)c3cc21)CCCN6CCCN. The topological polar surface area (TPSA) is 66.6 Å². The van der Waals surface area contributed by atoms with Crippen LogP contribution >= 0.6 is 0 Å². The van der Waals surface area contributed by atoms with E-state index in [4.69, 9.17) is 10.2 Å². The van der Waals surface area contributed by atoms with Crippen molar-refractivity contribution in [3.8, 4) is 11.3 Å². The van der Waals surface area contributed by atoms with Gasteiger partial charge in [0.15, 0.2) is 5.76 Å². The van der Waals surface area contributed by atoms with Crippen LogP contribution < -0.4 is 25.7 Å². The van der Waals surface area contributed by atoms with Crippen molar-refractivity contribution < 1.29 is 8.98 Å². The first-order chi connectivity index (χ1) is 16.6. The molecule has 0 amide bonds. The highest BCUT2D eigenvalue weighted by atomic mass is 16.3. The molecule has 0 atom stereocenters. The van der Waals surface area contributed by atoms with E-state index >= 15 is 0 Å². The highest BCUT2D eigenvalue weighted by molar-refractivity contribution is 5.97. The Kier molecular flexibility index (Phi) is 5.21. The van der Waals surface area contributed by atoms with Gasteiger partial charge in [0, 0.05) is 55.1 Å². The minimum absolute atomic E-state index is 0.00532. The van der Waals surface area contributed by atoms with Gasteiger partial charge in [0.05, 0.1) is 5.39 Å². The molecule has 0 saturated heterocycles. The normalized spacial score (nSPS) is 15.9. The van der Waals surface area contributed by atoms with Crippen LogP contribution in [0.2, 0.25) is 0 Å². The molecule has 0 saturated carbocycles. The molecule has 6 heteroatoms. The van der Waals surface area contributed by atoms with E-state index in [1.807, 2.05) is 13.1 Å². The molecule has 0 aromatic heterocycles. The molecule has 0 fully saturated rings. The largest absolute Gasteiger partial charge is 0.455 e. The van der Waals surface area contributed by atoms with Gasteiger partial charge in [-0.15, -0.1) is 0 Å². The quantitative estimate of drug-likeness (QED) is 0.287. The van der Waals surface area contributed by atoms with Crippen LogP contribution in [0.4, 0.5) is 11.4 Å². The summed E-state index contributed by atoms with van der Waals surface area (Å²) >= 11 is 0. The Morgan fingerprint density at radius 1 is 1.00 bits per heavy atom. The van der Waals surface area contributed by atoms with Gasteiger partial charge in [0.25, 0.3) is 0 Å². The van der Waals surface area contributed by atoms with Crippen molar-refractivity contribution >= 4 is 33.2 Å². The lowest BCUT2D eigenvalue weighted by Gasteiger charge is -2.31. The van der Waals surface area contributed by atoms with Crippen LogP contribution in [0.1, 0.15) is 37.3 Å². The van der Waals surface area contributed by atoms with Crippen LogP contribution in [0.5, 0.6) is 0 Å². The number of aromatic nitrogens is 1. The van der Waals surface area contributed by atoms with Gasteiger partial charge in [0.1, 0.15) is 18.2 Å². The number of aryl methyl sites for hydroxylation is 3. The summed E-state index contributed by atoms with van der Waals surface area (Å²) in [5.74, 6) is 0.700. The van der Waals surface area contributed by atoms with Crippen molar-refractivity contribution in [2.75, 3.05) is 42.5 Å². The van der Waals surface area contributed by atoms with E-state index < -0.39 is 0 Å². The fourth-order valence-electron chi connectivity index (χ4n) is 5.94. The Morgan fingerprint density at radius 2 is 1.74 bits per heavy atom. The van der Waals surface area contributed by atoms with Crippen molar-refractivity contribution in [2.45, 2.75) is 39.0 Å².